The van der Waals surface area contributed by atoms with Crippen molar-refractivity contribution in [1.29, 1.82) is 0 Å². The van der Waals surface area contributed by atoms with Gasteiger partial charge < -0.3 is 10.1 Å². The van der Waals surface area contributed by atoms with Crippen LogP contribution in [0.15, 0.2) is 54.6 Å². The Labute approximate surface area is 111 Å². The lowest BCUT2D eigenvalue weighted by atomic mass is 10.3. The average Bonchev–Trinajstić information content (AvgIpc) is 2.42. The summed E-state index contributed by atoms with van der Waals surface area (Å²) in [5.41, 5.74) is 0.537. The number of ether oxygens (including phenoxy) is 1. The molecule has 1 atom stereocenters. The van der Waals surface area contributed by atoms with E-state index in [-0.39, 0.29) is 11.7 Å². The number of carbonyl (C=O) groups is 1. The topological polar surface area (TPSA) is 38.3 Å². The maximum Gasteiger partial charge on any atom is 0.265 e. The predicted octanol–water partition coefficient (Wildman–Crippen LogP) is 3.23. The Balaban J connectivity index is 1.94. The van der Waals surface area contributed by atoms with Crippen LogP contribution in [-0.2, 0) is 4.79 Å². The highest BCUT2D eigenvalue weighted by Crippen LogP contribution is 2.13. The van der Waals surface area contributed by atoms with E-state index < -0.39 is 6.10 Å². The lowest BCUT2D eigenvalue weighted by Gasteiger charge is -2.14. The number of rotatable bonds is 4. The Hall–Kier alpha value is -2.36. The van der Waals surface area contributed by atoms with Gasteiger partial charge in [-0.25, -0.2) is 4.39 Å². The molecule has 2 aromatic rings. The molecule has 2 rings (SSSR count). The first-order chi connectivity index (χ1) is 9.15. The molecule has 0 heterocycles. The van der Waals surface area contributed by atoms with Gasteiger partial charge in [-0.15, -0.1) is 0 Å². The van der Waals surface area contributed by atoms with Gasteiger partial charge in [0.2, 0.25) is 0 Å². The molecule has 98 valence electrons. The Kier molecular flexibility index (Phi) is 4.13. The van der Waals surface area contributed by atoms with E-state index in [9.17, 15) is 9.18 Å². The third-order valence-corrected chi connectivity index (χ3v) is 2.54. The van der Waals surface area contributed by atoms with Crippen LogP contribution in [-0.4, -0.2) is 12.0 Å². The van der Waals surface area contributed by atoms with Gasteiger partial charge in [0.05, 0.1) is 0 Å². The number of hydrogen-bond acceptors (Lipinski definition) is 2. The first-order valence-corrected chi connectivity index (χ1v) is 5.93. The standard InChI is InChI=1S/C15H14FNO2/c1-11(19-14-5-3-2-4-6-14)15(18)17-13-9-7-12(16)8-10-13/h2-11H,1H3,(H,17,18)/t11-/m0/s1. The highest BCUT2D eigenvalue weighted by Gasteiger charge is 2.14. The highest BCUT2D eigenvalue weighted by atomic mass is 19.1. The summed E-state index contributed by atoms with van der Waals surface area (Å²) < 4.78 is 18.2. The molecule has 0 aliphatic heterocycles. The fourth-order valence-corrected chi connectivity index (χ4v) is 1.53. The first-order valence-electron chi connectivity index (χ1n) is 5.93. The number of benzene rings is 2. The van der Waals surface area contributed by atoms with Crippen LogP contribution < -0.4 is 10.1 Å². The van der Waals surface area contributed by atoms with Crippen molar-refractivity contribution in [3.05, 3.63) is 60.4 Å². The van der Waals surface area contributed by atoms with Crippen molar-refractivity contribution in [2.24, 2.45) is 0 Å². The van der Waals surface area contributed by atoms with Gasteiger partial charge in [0.15, 0.2) is 6.10 Å². The molecule has 0 saturated carbocycles. The van der Waals surface area contributed by atoms with E-state index in [0.29, 0.717) is 11.4 Å². The van der Waals surface area contributed by atoms with Crippen molar-refractivity contribution in [1.82, 2.24) is 0 Å². The lowest BCUT2D eigenvalue weighted by molar-refractivity contribution is -0.122. The molecular weight excluding hydrogens is 245 g/mol. The van der Waals surface area contributed by atoms with Gasteiger partial charge in [0.1, 0.15) is 11.6 Å². The summed E-state index contributed by atoms with van der Waals surface area (Å²) in [4.78, 5) is 11.9. The Morgan fingerprint density at radius 3 is 2.37 bits per heavy atom. The van der Waals surface area contributed by atoms with Crippen LogP contribution in [0.3, 0.4) is 0 Å². The maximum absolute atomic E-state index is 12.7. The summed E-state index contributed by atoms with van der Waals surface area (Å²) in [6.07, 6.45) is -0.632. The SMILES string of the molecule is C[C@H](Oc1ccccc1)C(=O)Nc1ccc(F)cc1. The predicted molar refractivity (Wildman–Crippen MR) is 71.6 cm³/mol. The second-order valence-electron chi connectivity index (χ2n) is 4.07. The summed E-state index contributed by atoms with van der Waals surface area (Å²) >= 11 is 0. The second-order valence-corrected chi connectivity index (χ2v) is 4.07. The molecule has 0 bridgehead atoms. The Morgan fingerprint density at radius 1 is 1.11 bits per heavy atom. The van der Waals surface area contributed by atoms with E-state index in [0.717, 1.165) is 0 Å². The summed E-state index contributed by atoms with van der Waals surface area (Å²) in [7, 11) is 0. The highest BCUT2D eigenvalue weighted by molar-refractivity contribution is 5.94. The molecule has 1 amide bonds. The fraction of sp³-hybridized carbons (Fsp3) is 0.133. The van der Waals surface area contributed by atoms with Crippen molar-refractivity contribution in [3.63, 3.8) is 0 Å². The molecule has 3 nitrogen and oxygen atoms in total. The van der Waals surface area contributed by atoms with Crippen LogP contribution in [0.4, 0.5) is 10.1 Å². The van der Waals surface area contributed by atoms with Gasteiger partial charge in [0, 0.05) is 5.69 Å². The molecule has 0 aromatic heterocycles. The van der Waals surface area contributed by atoms with Gasteiger partial charge in [-0.1, -0.05) is 18.2 Å². The lowest BCUT2D eigenvalue weighted by Crippen LogP contribution is -2.30. The number of para-hydroxylation sites is 1. The first kappa shape index (κ1) is 13.1. The molecule has 19 heavy (non-hydrogen) atoms. The number of hydrogen-bond donors (Lipinski definition) is 1. The van der Waals surface area contributed by atoms with Crippen molar-refractivity contribution in [3.8, 4) is 5.75 Å². The monoisotopic (exact) mass is 259 g/mol. The minimum Gasteiger partial charge on any atom is -0.481 e. The van der Waals surface area contributed by atoms with Crippen molar-refractivity contribution in [2.75, 3.05) is 5.32 Å². The maximum atomic E-state index is 12.7. The molecule has 0 radical (unpaired) electrons. The van der Waals surface area contributed by atoms with Gasteiger partial charge in [-0.2, -0.15) is 0 Å². The van der Waals surface area contributed by atoms with E-state index in [1.54, 1.807) is 19.1 Å². The largest absolute Gasteiger partial charge is 0.481 e. The summed E-state index contributed by atoms with van der Waals surface area (Å²) in [6, 6.07) is 14.7. The number of nitrogens with one attached hydrogen (secondary N) is 1. The molecule has 0 aliphatic rings. The van der Waals surface area contributed by atoms with E-state index in [2.05, 4.69) is 5.32 Å². The van der Waals surface area contributed by atoms with Crippen molar-refractivity contribution >= 4 is 11.6 Å². The van der Waals surface area contributed by atoms with Crippen molar-refractivity contribution in [2.45, 2.75) is 13.0 Å². The van der Waals surface area contributed by atoms with Crippen LogP contribution in [0.25, 0.3) is 0 Å². The van der Waals surface area contributed by atoms with Gasteiger partial charge in [-0.3, -0.25) is 4.79 Å². The molecule has 0 aliphatic carbocycles. The zero-order valence-electron chi connectivity index (χ0n) is 10.5. The van der Waals surface area contributed by atoms with Crippen LogP contribution in [0.2, 0.25) is 0 Å². The zero-order chi connectivity index (χ0) is 13.7. The van der Waals surface area contributed by atoms with E-state index in [1.807, 2.05) is 18.2 Å². The average molecular weight is 259 g/mol. The Bertz CT molecular complexity index is 540. The minimum absolute atomic E-state index is 0.282. The smallest absolute Gasteiger partial charge is 0.265 e. The third kappa shape index (κ3) is 3.81. The van der Waals surface area contributed by atoms with Gasteiger partial charge in [0.25, 0.3) is 5.91 Å². The molecular formula is C15H14FNO2. The number of halogens is 1. The number of anilines is 1. The molecule has 0 saturated heterocycles. The minimum atomic E-state index is -0.632. The van der Waals surface area contributed by atoms with Crippen LogP contribution >= 0.6 is 0 Å². The third-order valence-electron chi connectivity index (χ3n) is 2.54. The summed E-state index contributed by atoms with van der Waals surface area (Å²) in [6.45, 7) is 1.66. The quantitative estimate of drug-likeness (QED) is 0.915. The Morgan fingerprint density at radius 2 is 1.74 bits per heavy atom. The molecule has 2 aromatic carbocycles. The molecule has 0 fully saturated rings. The zero-order valence-corrected chi connectivity index (χ0v) is 10.5. The number of amides is 1. The van der Waals surface area contributed by atoms with Crippen LogP contribution in [0.1, 0.15) is 6.92 Å². The van der Waals surface area contributed by atoms with Crippen molar-refractivity contribution < 1.29 is 13.9 Å². The summed E-state index contributed by atoms with van der Waals surface area (Å²) in [5, 5.41) is 2.66. The molecule has 4 heteroatoms. The van der Waals surface area contributed by atoms with E-state index >= 15 is 0 Å². The van der Waals surface area contributed by atoms with Gasteiger partial charge in [-0.05, 0) is 43.3 Å². The van der Waals surface area contributed by atoms with E-state index in [1.165, 1.54) is 24.3 Å². The van der Waals surface area contributed by atoms with Gasteiger partial charge >= 0.3 is 0 Å². The summed E-state index contributed by atoms with van der Waals surface area (Å²) in [5.74, 6) is 0.00583. The molecule has 1 N–H and O–H groups in total. The second kappa shape index (κ2) is 6.00. The van der Waals surface area contributed by atoms with E-state index in [4.69, 9.17) is 4.74 Å². The number of carbonyl (C=O) groups excluding carboxylic acids is 1. The molecule has 0 spiro atoms. The normalized spacial score (nSPS) is 11.7. The van der Waals surface area contributed by atoms with Crippen LogP contribution in [0, 0.1) is 5.82 Å². The van der Waals surface area contributed by atoms with Crippen LogP contribution in [0.5, 0.6) is 5.75 Å². The molecule has 0 unspecified atom stereocenters. The fourth-order valence-electron chi connectivity index (χ4n) is 1.53.